The minimum atomic E-state index is 0.345. The monoisotopic (exact) mass is 239 g/mol. The summed E-state index contributed by atoms with van der Waals surface area (Å²) in [5.41, 5.74) is 0. The van der Waals surface area contributed by atoms with Crippen molar-refractivity contribution in [2.45, 2.75) is 32.2 Å². The second kappa shape index (κ2) is 5.83. The zero-order valence-corrected chi connectivity index (χ0v) is 11.2. The lowest BCUT2D eigenvalue weighted by atomic mass is 10.2. The molecule has 0 radical (unpaired) electrons. The first kappa shape index (κ1) is 12.8. The highest BCUT2D eigenvalue weighted by atomic mass is 16.2. The van der Waals surface area contributed by atoms with Gasteiger partial charge in [-0.3, -0.25) is 4.79 Å². The van der Waals surface area contributed by atoms with Crippen LogP contribution in [0.3, 0.4) is 0 Å². The van der Waals surface area contributed by atoms with Crippen LogP contribution in [0.1, 0.15) is 26.2 Å². The lowest BCUT2D eigenvalue weighted by Gasteiger charge is -2.34. The van der Waals surface area contributed by atoms with E-state index in [4.69, 9.17) is 0 Å². The van der Waals surface area contributed by atoms with Gasteiger partial charge in [-0.2, -0.15) is 0 Å². The number of likely N-dealkylation sites (tertiary alicyclic amines) is 1. The highest BCUT2D eigenvalue weighted by Gasteiger charge is 2.24. The molecule has 1 unspecified atom stereocenters. The Hall–Kier alpha value is -0.610. The molecule has 17 heavy (non-hydrogen) atoms. The van der Waals surface area contributed by atoms with Crippen molar-refractivity contribution in [2.75, 3.05) is 46.3 Å². The van der Waals surface area contributed by atoms with Crippen molar-refractivity contribution < 1.29 is 4.79 Å². The van der Waals surface area contributed by atoms with Crippen LogP contribution < -0.4 is 0 Å². The SMILES string of the molecule is CC(CC(=O)N1CCN(C)CC1)N1CCCC1. The van der Waals surface area contributed by atoms with Crippen molar-refractivity contribution in [3.63, 3.8) is 0 Å². The van der Waals surface area contributed by atoms with Gasteiger partial charge in [0, 0.05) is 38.6 Å². The summed E-state index contributed by atoms with van der Waals surface area (Å²) >= 11 is 0. The van der Waals surface area contributed by atoms with E-state index >= 15 is 0 Å². The van der Waals surface area contributed by atoms with Gasteiger partial charge in [-0.1, -0.05) is 0 Å². The highest BCUT2D eigenvalue weighted by Crippen LogP contribution is 2.15. The second-order valence-electron chi connectivity index (χ2n) is 5.48. The van der Waals surface area contributed by atoms with E-state index in [0.717, 1.165) is 26.2 Å². The normalized spacial score (nSPS) is 25.2. The Labute approximate surface area is 105 Å². The molecule has 0 aliphatic carbocycles. The molecular weight excluding hydrogens is 214 g/mol. The maximum absolute atomic E-state index is 12.2. The summed E-state index contributed by atoms with van der Waals surface area (Å²) in [4.78, 5) is 18.9. The van der Waals surface area contributed by atoms with Gasteiger partial charge in [-0.25, -0.2) is 0 Å². The first-order chi connectivity index (χ1) is 8.16. The predicted molar refractivity (Wildman–Crippen MR) is 69.0 cm³/mol. The van der Waals surface area contributed by atoms with Crippen molar-refractivity contribution in [1.82, 2.24) is 14.7 Å². The number of likely N-dealkylation sites (N-methyl/N-ethyl adjacent to an activating group) is 1. The Morgan fingerprint density at radius 1 is 1.06 bits per heavy atom. The third-order valence-electron chi connectivity index (χ3n) is 4.09. The van der Waals surface area contributed by atoms with Crippen LogP contribution in [0.25, 0.3) is 0 Å². The van der Waals surface area contributed by atoms with E-state index in [9.17, 15) is 4.79 Å². The predicted octanol–water partition coefficient (Wildman–Crippen LogP) is 0.635. The van der Waals surface area contributed by atoms with Crippen LogP contribution in [0.4, 0.5) is 0 Å². The van der Waals surface area contributed by atoms with Crippen molar-refractivity contribution in [3.05, 3.63) is 0 Å². The molecule has 2 rings (SSSR count). The summed E-state index contributed by atoms with van der Waals surface area (Å²) in [5, 5.41) is 0. The molecular formula is C13H25N3O. The molecule has 0 bridgehead atoms. The quantitative estimate of drug-likeness (QED) is 0.723. The van der Waals surface area contributed by atoms with Crippen molar-refractivity contribution in [2.24, 2.45) is 0 Å². The minimum Gasteiger partial charge on any atom is -0.340 e. The molecule has 1 amide bonds. The average Bonchev–Trinajstić information content (AvgIpc) is 2.83. The van der Waals surface area contributed by atoms with E-state index in [1.807, 2.05) is 4.90 Å². The van der Waals surface area contributed by atoms with E-state index in [-0.39, 0.29) is 0 Å². The van der Waals surface area contributed by atoms with Gasteiger partial charge in [0.1, 0.15) is 0 Å². The van der Waals surface area contributed by atoms with E-state index in [1.54, 1.807) is 0 Å². The smallest absolute Gasteiger partial charge is 0.224 e. The summed E-state index contributed by atoms with van der Waals surface area (Å²) in [6.45, 7) is 8.39. The number of hydrogen-bond acceptors (Lipinski definition) is 3. The molecule has 2 aliphatic rings. The van der Waals surface area contributed by atoms with Crippen molar-refractivity contribution in [1.29, 1.82) is 0 Å². The zero-order valence-electron chi connectivity index (χ0n) is 11.2. The van der Waals surface area contributed by atoms with Crippen LogP contribution in [0.2, 0.25) is 0 Å². The Bertz CT molecular complexity index is 255. The Balaban J connectivity index is 1.76. The molecule has 2 heterocycles. The van der Waals surface area contributed by atoms with Crippen LogP contribution in [0.15, 0.2) is 0 Å². The minimum absolute atomic E-state index is 0.345. The summed E-state index contributed by atoms with van der Waals surface area (Å²) in [5.74, 6) is 0.345. The van der Waals surface area contributed by atoms with E-state index in [2.05, 4.69) is 23.8 Å². The first-order valence-electron chi connectivity index (χ1n) is 6.87. The maximum Gasteiger partial charge on any atom is 0.224 e. The third kappa shape index (κ3) is 3.42. The van der Waals surface area contributed by atoms with Crippen LogP contribution in [0.5, 0.6) is 0 Å². The zero-order chi connectivity index (χ0) is 12.3. The molecule has 1 atom stereocenters. The van der Waals surface area contributed by atoms with Crippen molar-refractivity contribution in [3.8, 4) is 0 Å². The molecule has 4 nitrogen and oxygen atoms in total. The molecule has 2 saturated heterocycles. The molecule has 4 heteroatoms. The number of rotatable bonds is 3. The lowest BCUT2D eigenvalue weighted by Crippen LogP contribution is -2.48. The number of hydrogen-bond donors (Lipinski definition) is 0. The number of carbonyl (C=O) groups is 1. The molecule has 0 aromatic carbocycles. The highest BCUT2D eigenvalue weighted by molar-refractivity contribution is 5.76. The summed E-state index contributed by atoms with van der Waals surface area (Å²) in [7, 11) is 2.12. The summed E-state index contributed by atoms with van der Waals surface area (Å²) < 4.78 is 0. The van der Waals surface area contributed by atoms with Crippen LogP contribution >= 0.6 is 0 Å². The van der Waals surface area contributed by atoms with Gasteiger partial charge in [-0.05, 0) is 39.9 Å². The maximum atomic E-state index is 12.2. The van der Waals surface area contributed by atoms with Gasteiger partial charge in [0.2, 0.25) is 5.91 Å². The number of amides is 1. The lowest BCUT2D eigenvalue weighted by molar-refractivity contribution is -0.133. The van der Waals surface area contributed by atoms with Crippen LogP contribution in [0, 0.1) is 0 Å². The van der Waals surface area contributed by atoms with E-state index in [0.29, 0.717) is 18.4 Å². The molecule has 2 fully saturated rings. The number of piperazine rings is 1. The average molecular weight is 239 g/mol. The molecule has 0 spiro atoms. The Morgan fingerprint density at radius 3 is 2.24 bits per heavy atom. The summed E-state index contributed by atoms with van der Waals surface area (Å²) in [6, 6.07) is 0.421. The van der Waals surface area contributed by atoms with Gasteiger partial charge in [0.05, 0.1) is 0 Å². The summed E-state index contributed by atoms with van der Waals surface area (Å²) in [6.07, 6.45) is 3.30. The Morgan fingerprint density at radius 2 is 1.65 bits per heavy atom. The molecule has 98 valence electrons. The fourth-order valence-corrected chi connectivity index (χ4v) is 2.75. The second-order valence-corrected chi connectivity index (χ2v) is 5.48. The Kier molecular flexibility index (Phi) is 4.40. The van der Waals surface area contributed by atoms with E-state index < -0.39 is 0 Å². The molecule has 0 aromatic rings. The number of carbonyl (C=O) groups excluding carboxylic acids is 1. The molecule has 0 N–H and O–H groups in total. The van der Waals surface area contributed by atoms with Gasteiger partial charge in [0.15, 0.2) is 0 Å². The largest absolute Gasteiger partial charge is 0.340 e. The van der Waals surface area contributed by atoms with Crippen molar-refractivity contribution >= 4 is 5.91 Å². The van der Waals surface area contributed by atoms with E-state index in [1.165, 1.54) is 25.9 Å². The fraction of sp³-hybridized carbons (Fsp3) is 0.923. The topological polar surface area (TPSA) is 26.8 Å². The third-order valence-corrected chi connectivity index (χ3v) is 4.09. The van der Waals surface area contributed by atoms with Crippen LogP contribution in [-0.4, -0.2) is 73.0 Å². The first-order valence-corrected chi connectivity index (χ1v) is 6.87. The molecule has 0 saturated carbocycles. The van der Waals surface area contributed by atoms with Gasteiger partial charge < -0.3 is 14.7 Å². The van der Waals surface area contributed by atoms with Gasteiger partial charge in [0.25, 0.3) is 0 Å². The van der Waals surface area contributed by atoms with Crippen LogP contribution in [-0.2, 0) is 4.79 Å². The standard InChI is InChI=1S/C13H25N3O/c1-12(15-5-3-4-6-15)11-13(17)16-9-7-14(2)8-10-16/h12H,3-11H2,1-2H3. The molecule has 2 aliphatic heterocycles. The molecule has 0 aromatic heterocycles. The fourth-order valence-electron chi connectivity index (χ4n) is 2.75. The van der Waals surface area contributed by atoms with Gasteiger partial charge in [-0.15, -0.1) is 0 Å². The van der Waals surface area contributed by atoms with Gasteiger partial charge >= 0.3 is 0 Å². The number of nitrogens with zero attached hydrogens (tertiary/aromatic N) is 3.